The van der Waals surface area contributed by atoms with E-state index >= 15 is 0 Å². The van der Waals surface area contributed by atoms with E-state index in [1.807, 2.05) is 6.92 Å². The van der Waals surface area contributed by atoms with Crippen LogP contribution < -0.4 is 4.90 Å². The number of ketones is 1. The summed E-state index contributed by atoms with van der Waals surface area (Å²) in [5.41, 5.74) is 0.432. The van der Waals surface area contributed by atoms with Gasteiger partial charge in [0.15, 0.2) is 0 Å². The van der Waals surface area contributed by atoms with Crippen molar-refractivity contribution in [3.63, 3.8) is 0 Å². The summed E-state index contributed by atoms with van der Waals surface area (Å²) in [7, 11) is 0. The Balaban J connectivity index is 2.41. The number of hydrogen-bond donors (Lipinski definition) is 0. The molecule has 1 aliphatic rings. The van der Waals surface area contributed by atoms with E-state index in [1.165, 1.54) is 23.1 Å². The molecule has 0 saturated carbocycles. The predicted octanol–water partition coefficient (Wildman–Crippen LogP) is 1.92. The van der Waals surface area contributed by atoms with Crippen molar-refractivity contribution in [1.29, 1.82) is 0 Å². The molecule has 1 aliphatic heterocycles. The number of anilines is 1. The van der Waals surface area contributed by atoms with E-state index < -0.39 is 16.6 Å². The summed E-state index contributed by atoms with van der Waals surface area (Å²) in [5, 5.41) is 10.6. The normalized spacial score (nSPS) is 13.9. The Morgan fingerprint density at radius 1 is 1.33 bits per heavy atom. The van der Waals surface area contributed by atoms with Gasteiger partial charge in [0.05, 0.1) is 16.2 Å². The van der Waals surface area contributed by atoms with Gasteiger partial charge in [-0.1, -0.05) is 13.3 Å². The maximum Gasteiger partial charge on any atom is 0.299 e. The third-order valence-electron chi connectivity index (χ3n) is 2.90. The third-order valence-corrected chi connectivity index (χ3v) is 2.90. The molecule has 1 amide bonds. The lowest BCUT2D eigenvalue weighted by Gasteiger charge is -2.15. The highest BCUT2D eigenvalue weighted by atomic mass is 16.6. The quantitative estimate of drug-likeness (QED) is 0.463. The molecular formula is C12H12N2O4. The van der Waals surface area contributed by atoms with E-state index in [-0.39, 0.29) is 11.3 Å². The lowest BCUT2D eigenvalue weighted by molar-refractivity contribution is -0.384. The number of amides is 1. The molecule has 6 nitrogen and oxygen atoms in total. The minimum absolute atomic E-state index is 0.130. The maximum atomic E-state index is 11.8. The SMILES string of the molecule is CCCCN1C(=O)C(=O)c2cc([N+](=O)[O-])ccc21. The van der Waals surface area contributed by atoms with Crippen LogP contribution in [0.1, 0.15) is 30.1 Å². The fourth-order valence-electron chi connectivity index (χ4n) is 1.94. The van der Waals surface area contributed by atoms with E-state index in [9.17, 15) is 19.7 Å². The van der Waals surface area contributed by atoms with Crippen LogP contribution in [0.3, 0.4) is 0 Å². The highest BCUT2D eigenvalue weighted by Crippen LogP contribution is 2.32. The maximum absolute atomic E-state index is 11.8. The second kappa shape index (κ2) is 4.56. The molecule has 0 fully saturated rings. The van der Waals surface area contributed by atoms with Crippen molar-refractivity contribution in [2.75, 3.05) is 11.4 Å². The van der Waals surface area contributed by atoms with Crippen LogP contribution in [0.5, 0.6) is 0 Å². The molecule has 1 aromatic carbocycles. The molecule has 0 spiro atoms. The molecule has 0 aliphatic carbocycles. The molecule has 1 heterocycles. The molecule has 0 saturated heterocycles. The Morgan fingerprint density at radius 3 is 2.67 bits per heavy atom. The Kier molecular flexibility index (Phi) is 3.10. The van der Waals surface area contributed by atoms with Gasteiger partial charge in [0, 0.05) is 18.7 Å². The fourth-order valence-corrected chi connectivity index (χ4v) is 1.94. The lowest BCUT2D eigenvalue weighted by Crippen LogP contribution is -2.30. The summed E-state index contributed by atoms with van der Waals surface area (Å²) in [4.78, 5) is 34.9. The van der Waals surface area contributed by atoms with Crippen molar-refractivity contribution in [1.82, 2.24) is 0 Å². The third kappa shape index (κ3) is 1.85. The second-order valence-corrected chi connectivity index (χ2v) is 4.10. The van der Waals surface area contributed by atoms with Gasteiger partial charge in [0.2, 0.25) is 0 Å². The van der Waals surface area contributed by atoms with Gasteiger partial charge in [-0.2, -0.15) is 0 Å². The largest absolute Gasteiger partial charge is 0.305 e. The van der Waals surface area contributed by atoms with Crippen molar-refractivity contribution in [3.8, 4) is 0 Å². The average molecular weight is 248 g/mol. The van der Waals surface area contributed by atoms with Crippen molar-refractivity contribution >= 4 is 23.1 Å². The first kappa shape index (κ1) is 12.2. The number of non-ortho nitro benzene ring substituents is 1. The van der Waals surface area contributed by atoms with Crippen molar-refractivity contribution in [3.05, 3.63) is 33.9 Å². The molecule has 18 heavy (non-hydrogen) atoms. The summed E-state index contributed by atoms with van der Waals surface area (Å²) >= 11 is 0. The fraction of sp³-hybridized carbons (Fsp3) is 0.333. The Morgan fingerprint density at radius 2 is 2.06 bits per heavy atom. The number of unbranched alkanes of at least 4 members (excludes halogenated alkanes) is 1. The molecule has 0 atom stereocenters. The zero-order chi connectivity index (χ0) is 13.3. The van der Waals surface area contributed by atoms with Crippen LogP contribution in [0.25, 0.3) is 0 Å². The van der Waals surface area contributed by atoms with Crippen LogP contribution in [-0.4, -0.2) is 23.2 Å². The standard InChI is InChI=1S/C12H12N2O4/c1-2-3-6-13-10-5-4-8(14(17)18)7-9(10)11(15)12(13)16/h4-5,7H,2-3,6H2,1H3. The van der Waals surface area contributed by atoms with Crippen molar-refractivity contribution in [2.24, 2.45) is 0 Å². The Labute approximate surface area is 103 Å². The van der Waals surface area contributed by atoms with Crippen LogP contribution in [-0.2, 0) is 4.79 Å². The van der Waals surface area contributed by atoms with Crippen LogP contribution in [0.4, 0.5) is 11.4 Å². The molecule has 1 aromatic rings. The van der Waals surface area contributed by atoms with E-state index in [0.717, 1.165) is 12.8 Å². The lowest BCUT2D eigenvalue weighted by atomic mass is 10.1. The minimum atomic E-state index is -0.662. The van der Waals surface area contributed by atoms with Crippen LogP contribution in [0.15, 0.2) is 18.2 Å². The summed E-state index contributed by atoms with van der Waals surface area (Å²) in [6, 6.07) is 3.94. The average Bonchev–Trinajstić information content (AvgIpc) is 2.60. The van der Waals surface area contributed by atoms with Crippen molar-refractivity contribution < 1.29 is 14.5 Å². The summed E-state index contributed by atoms with van der Waals surface area (Å²) < 4.78 is 0. The first-order chi connectivity index (χ1) is 8.56. The van der Waals surface area contributed by atoms with Crippen LogP contribution in [0.2, 0.25) is 0 Å². The smallest absolute Gasteiger partial charge is 0.299 e. The predicted molar refractivity (Wildman–Crippen MR) is 64.7 cm³/mol. The van der Waals surface area contributed by atoms with E-state index in [2.05, 4.69) is 0 Å². The number of benzene rings is 1. The van der Waals surface area contributed by atoms with E-state index in [1.54, 1.807) is 0 Å². The molecule has 0 aromatic heterocycles. The summed E-state index contributed by atoms with van der Waals surface area (Å²) in [6.45, 7) is 2.45. The molecule has 6 heteroatoms. The van der Waals surface area contributed by atoms with Crippen molar-refractivity contribution in [2.45, 2.75) is 19.8 Å². The number of nitro groups is 1. The van der Waals surface area contributed by atoms with Crippen LogP contribution in [0, 0.1) is 10.1 Å². The number of nitro benzene ring substituents is 1. The summed E-state index contributed by atoms with van der Waals surface area (Å²) in [6.07, 6.45) is 1.69. The molecule has 0 N–H and O–H groups in total. The molecular weight excluding hydrogens is 236 g/mol. The number of carbonyl (C=O) groups is 2. The number of Topliss-reactive ketones (excluding diaryl/α,β-unsaturated/α-hetero) is 1. The Hall–Kier alpha value is -2.24. The summed E-state index contributed by atoms with van der Waals surface area (Å²) in [5.74, 6) is -1.26. The molecule has 0 bridgehead atoms. The molecule has 0 radical (unpaired) electrons. The van der Waals surface area contributed by atoms with Gasteiger partial charge in [-0.25, -0.2) is 0 Å². The number of nitrogens with zero attached hydrogens (tertiary/aromatic N) is 2. The van der Waals surface area contributed by atoms with Gasteiger partial charge in [-0.3, -0.25) is 19.7 Å². The second-order valence-electron chi connectivity index (χ2n) is 4.10. The van der Waals surface area contributed by atoms with Gasteiger partial charge < -0.3 is 4.90 Å². The molecule has 94 valence electrons. The number of hydrogen-bond acceptors (Lipinski definition) is 4. The van der Waals surface area contributed by atoms with Gasteiger partial charge in [0.1, 0.15) is 0 Å². The highest BCUT2D eigenvalue weighted by molar-refractivity contribution is 6.52. The Bertz CT molecular complexity index is 539. The first-order valence-electron chi connectivity index (χ1n) is 5.71. The number of carbonyl (C=O) groups excluding carboxylic acids is 2. The molecule has 0 unspecified atom stereocenters. The van der Waals surface area contributed by atoms with E-state index in [4.69, 9.17) is 0 Å². The monoisotopic (exact) mass is 248 g/mol. The molecule has 2 rings (SSSR count). The van der Waals surface area contributed by atoms with Crippen LogP contribution >= 0.6 is 0 Å². The van der Waals surface area contributed by atoms with Gasteiger partial charge in [-0.15, -0.1) is 0 Å². The highest BCUT2D eigenvalue weighted by Gasteiger charge is 2.36. The van der Waals surface area contributed by atoms with E-state index in [0.29, 0.717) is 12.2 Å². The van der Waals surface area contributed by atoms with Gasteiger partial charge >= 0.3 is 0 Å². The number of rotatable bonds is 4. The number of fused-ring (bicyclic) bond motifs is 1. The minimum Gasteiger partial charge on any atom is -0.305 e. The zero-order valence-corrected chi connectivity index (χ0v) is 9.88. The first-order valence-corrected chi connectivity index (χ1v) is 5.71. The van der Waals surface area contributed by atoms with Gasteiger partial charge in [-0.05, 0) is 12.5 Å². The topological polar surface area (TPSA) is 80.5 Å². The zero-order valence-electron chi connectivity index (χ0n) is 9.88. The van der Waals surface area contributed by atoms with Gasteiger partial charge in [0.25, 0.3) is 17.4 Å².